The smallest absolute Gasteiger partial charge is 0.167 e. The van der Waals surface area contributed by atoms with E-state index in [-0.39, 0.29) is 18.7 Å². The van der Waals surface area contributed by atoms with Crippen LogP contribution in [-0.2, 0) is 24.3 Å². The standard InChI is InChI=1S/C28H24F2N4O3/c1-35-24-9-6-21(7-10-24)27-14-23(33-37-27)12-19-2-4-20(5-3-19)16-36-28(15-34-18-31-17-32-34)25-11-8-22(29)13-26(25)30/h2-11,13-14,17-18,28H,12,15-16H2,1H3. The highest BCUT2D eigenvalue weighted by Gasteiger charge is 2.19. The highest BCUT2D eigenvalue weighted by Crippen LogP contribution is 2.26. The highest BCUT2D eigenvalue weighted by molar-refractivity contribution is 5.58. The van der Waals surface area contributed by atoms with Crippen molar-refractivity contribution in [3.63, 3.8) is 0 Å². The second-order valence-electron chi connectivity index (χ2n) is 8.49. The minimum Gasteiger partial charge on any atom is -0.497 e. The number of hydrogen-bond donors (Lipinski definition) is 0. The van der Waals surface area contributed by atoms with E-state index in [1.807, 2.05) is 54.6 Å². The first-order chi connectivity index (χ1) is 18.1. The zero-order chi connectivity index (χ0) is 25.6. The van der Waals surface area contributed by atoms with Gasteiger partial charge in [0.05, 0.1) is 26.0 Å². The summed E-state index contributed by atoms with van der Waals surface area (Å²) < 4.78 is 46.2. The summed E-state index contributed by atoms with van der Waals surface area (Å²) in [5.74, 6) is 0.163. The van der Waals surface area contributed by atoms with Crippen molar-refractivity contribution >= 4 is 0 Å². The predicted molar refractivity (Wildman–Crippen MR) is 132 cm³/mol. The fraction of sp³-hybridized carbons (Fsp3) is 0.179. The quantitative estimate of drug-likeness (QED) is 0.241. The van der Waals surface area contributed by atoms with E-state index in [1.165, 1.54) is 24.8 Å². The molecule has 0 bridgehead atoms. The van der Waals surface area contributed by atoms with Crippen LogP contribution in [0.1, 0.15) is 28.5 Å². The topological polar surface area (TPSA) is 75.2 Å². The second kappa shape index (κ2) is 11.1. The lowest BCUT2D eigenvalue weighted by molar-refractivity contribution is 0.0233. The van der Waals surface area contributed by atoms with Crippen LogP contribution >= 0.6 is 0 Å². The van der Waals surface area contributed by atoms with Crippen molar-refractivity contribution in [1.82, 2.24) is 19.9 Å². The molecule has 0 fully saturated rings. The minimum atomic E-state index is -0.673. The van der Waals surface area contributed by atoms with E-state index in [9.17, 15) is 8.78 Å². The molecular formula is C28H24F2N4O3. The third-order valence-electron chi connectivity index (χ3n) is 5.92. The van der Waals surface area contributed by atoms with Crippen LogP contribution in [0.4, 0.5) is 8.78 Å². The number of aromatic nitrogens is 4. The molecule has 0 radical (unpaired) electrons. The minimum absolute atomic E-state index is 0.238. The molecule has 1 atom stereocenters. The number of nitrogens with zero attached hydrogens (tertiary/aromatic N) is 4. The van der Waals surface area contributed by atoms with Crippen molar-refractivity contribution in [2.45, 2.75) is 25.7 Å². The lowest BCUT2D eigenvalue weighted by Crippen LogP contribution is -2.15. The molecule has 5 rings (SSSR count). The Balaban J connectivity index is 1.23. The van der Waals surface area contributed by atoms with Crippen molar-refractivity contribution in [2.75, 3.05) is 7.11 Å². The fourth-order valence-corrected chi connectivity index (χ4v) is 3.95. The van der Waals surface area contributed by atoms with Crippen LogP contribution in [0.25, 0.3) is 11.3 Å². The van der Waals surface area contributed by atoms with E-state index in [2.05, 4.69) is 15.2 Å². The van der Waals surface area contributed by atoms with Gasteiger partial charge < -0.3 is 14.0 Å². The summed E-state index contributed by atoms with van der Waals surface area (Å²) in [4.78, 5) is 3.92. The van der Waals surface area contributed by atoms with Gasteiger partial charge in [0, 0.05) is 29.7 Å². The molecule has 5 aromatic rings. The molecule has 0 saturated carbocycles. The van der Waals surface area contributed by atoms with Gasteiger partial charge in [-0.25, -0.2) is 13.8 Å². The normalized spacial score (nSPS) is 12.0. The van der Waals surface area contributed by atoms with Crippen molar-refractivity contribution in [1.29, 1.82) is 0 Å². The number of rotatable bonds is 10. The molecule has 3 aromatic carbocycles. The monoisotopic (exact) mass is 502 g/mol. The third-order valence-corrected chi connectivity index (χ3v) is 5.92. The molecule has 1 unspecified atom stereocenters. The molecule has 0 aliphatic heterocycles. The number of hydrogen-bond acceptors (Lipinski definition) is 6. The molecule has 7 nitrogen and oxygen atoms in total. The van der Waals surface area contributed by atoms with Gasteiger partial charge in [0.15, 0.2) is 5.76 Å². The molecule has 0 spiro atoms. The number of ether oxygens (including phenoxy) is 2. The molecular weight excluding hydrogens is 478 g/mol. The maximum Gasteiger partial charge on any atom is 0.167 e. The summed E-state index contributed by atoms with van der Waals surface area (Å²) in [6.07, 6.45) is 2.85. The zero-order valence-electron chi connectivity index (χ0n) is 20.1. The number of methoxy groups -OCH3 is 1. The van der Waals surface area contributed by atoms with Crippen LogP contribution in [-0.4, -0.2) is 27.0 Å². The van der Waals surface area contributed by atoms with E-state index in [0.717, 1.165) is 34.2 Å². The van der Waals surface area contributed by atoms with Crippen LogP contribution < -0.4 is 4.74 Å². The third kappa shape index (κ3) is 6.07. The highest BCUT2D eigenvalue weighted by atomic mass is 19.1. The van der Waals surface area contributed by atoms with Gasteiger partial charge in [-0.05, 0) is 41.5 Å². The molecule has 0 aliphatic rings. The van der Waals surface area contributed by atoms with Gasteiger partial charge in [0.1, 0.15) is 36.1 Å². The molecule has 0 N–H and O–H groups in total. The summed E-state index contributed by atoms with van der Waals surface area (Å²) in [6.45, 7) is 0.478. The van der Waals surface area contributed by atoms with E-state index in [4.69, 9.17) is 14.0 Å². The molecule has 37 heavy (non-hydrogen) atoms. The summed E-state index contributed by atoms with van der Waals surface area (Å²) in [6, 6.07) is 20.9. The Bertz CT molecular complexity index is 1440. The van der Waals surface area contributed by atoms with Crippen molar-refractivity contribution in [3.05, 3.63) is 119 Å². The maximum absolute atomic E-state index is 14.5. The zero-order valence-corrected chi connectivity index (χ0v) is 20.1. The van der Waals surface area contributed by atoms with Gasteiger partial charge in [-0.2, -0.15) is 5.10 Å². The number of benzene rings is 3. The molecule has 9 heteroatoms. The Kier molecular flexibility index (Phi) is 7.32. The van der Waals surface area contributed by atoms with Crippen molar-refractivity contribution in [3.8, 4) is 17.1 Å². The summed E-state index contributed by atoms with van der Waals surface area (Å²) in [5.41, 5.74) is 3.96. The Hall–Kier alpha value is -4.37. The molecule has 188 valence electrons. The second-order valence-corrected chi connectivity index (χ2v) is 8.49. The predicted octanol–water partition coefficient (Wildman–Crippen LogP) is 5.77. The van der Waals surface area contributed by atoms with Crippen LogP contribution in [0.2, 0.25) is 0 Å². The van der Waals surface area contributed by atoms with Gasteiger partial charge in [0.2, 0.25) is 0 Å². The van der Waals surface area contributed by atoms with E-state index < -0.39 is 17.7 Å². The molecule has 0 aliphatic carbocycles. The average Bonchev–Trinajstić information content (AvgIpc) is 3.60. The van der Waals surface area contributed by atoms with Gasteiger partial charge in [-0.3, -0.25) is 4.68 Å². The first-order valence-electron chi connectivity index (χ1n) is 11.6. The first kappa shape index (κ1) is 24.3. The van der Waals surface area contributed by atoms with Crippen LogP contribution in [0.3, 0.4) is 0 Å². The van der Waals surface area contributed by atoms with Gasteiger partial charge in [0.25, 0.3) is 0 Å². The molecule has 2 aromatic heterocycles. The Morgan fingerprint density at radius 3 is 2.43 bits per heavy atom. The Morgan fingerprint density at radius 2 is 1.73 bits per heavy atom. The Morgan fingerprint density at radius 1 is 0.946 bits per heavy atom. The van der Waals surface area contributed by atoms with Gasteiger partial charge >= 0.3 is 0 Å². The summed E-state index contributed by atoms with van der Waals surface area (Å²) >= 11 is 0. The fourth-order valence-electron chi connectivity index (χ4n) is 3.95. The SMILES string of the molecule is COc1ccc(-c2cc(Cc3ccc(COC(Cn4cncn4)c4ccc(F)cc4F)cc3)no2)cc1. The van der Waals surface area contributed by atoms with Crippen LogP contribution in [0.15, 0.2) is 90.0 Å². The van der Waals surface area contributed by atoms with Crippen molar-refractivity contribution in [2.24, 2.45) is 0 Å². The number of halogens is 2. The maximum atomic E-state index is 14.5. The van der Waals surface area contributed by atoms with E-state index >= 15 is 0 Å². The van der Waals surface area contributed by atoms with Gasteiger partial charge in [-0.1, -0.05) is 35.5 Å². The molecule has 2 heterocycles. The summed E-state index contributed by atoms with van der Waals surface area (Å²) in [5, 5.41) is 8.26. The van der Waals surface area contributed by atoms with E-state index in [1.54, 1.807) is 11.8 Å². The van der Waals surface area contributed by atoms with Crippen LogP contribution in [0.5, 0.6) is 5.75 Å². The largest absolute Gasteiger partial charge is 0.497 e. The van der Waals surface area contributed by atoms with Crippen LogP contribution in [0, 0.1) is 11.6 Å². The molecule has 0 amide bonds. The average molecular weight is 503 g/mol. The summed E-state index contributed by atoms with van der Waals surface area (Å²) in [7, 11) is 1.63. The Labute approximate surface area is 212 Å². The lowest BCUT2D eigenvalue weighted by atomic mass is 10.1. The molecule has 0 saturated heterocycles. The van der Waals surface area contributed by atoms with Crippen molar-refractivity contribution < 1.29 is 22.8 Å². The van der Waals surface area contributed by atoms with Gasteiger partial charge in [-0.15, -0.1) is 0 Å². The lowest BCUT2D eigenvalue weighted by Gasteiger charge is -2.19. The first-order valence-corrected chi connectivity index (χ1v) is 11.6. The van der Waals surface area contributed by atoms with E-state index in [0.29, 0.717) is 12.2 Å².